The van der Waals surface area contributed by atoms with Crippen LogP contribution in [0.3, 0.4) is 0 Å². The normalized spacial score (nSPS) is 28.7. The summed E-state index contributed by atoms with van der Waals surface area (Å²) in [5.74, 6) is -1.77. The Morgan fingerprint density at radius 2 is 1.77 bits per heavy atom. The second kappa shape index (κ2) is 6.24. The van der Waals surface area contributed by atoms with E-state index in [-0.39, 0.29) is 5.91 Å². The summed E-state index contributed by atoms with van der Waals surface area (Å²) in [6.45, 7) is 5.82. The smallest absolute Gasteiger partial charge is 0.332 e. The fourth-order valence-electron chi connectivity index (χ4n) is 2.83. The Bertz CT molecular complexity index is 469. The molecule has 2 heterocycles. The summed E-state index contributed by atoms with van der Waals surface area (Å²) in [5, 5.41) is 8.92. The van der Waals surface area contributed by atoms with E-state index >= 15 is 0 Å². The largest absolute Gasteiger partial charge is 0.479 e. The van der Waals surface area contributed by atoms with E-state index in [1.165, 1.54) is 4.90 Å². The first-order valence-electron chi connectivity index (χ1n) is 7.60. The van der Waals surface area contributed by atoms with Crippen molar-refractivity contribution in [1.82, 2.24) is 4.90 Å². The zero-order valence-corrected chi connectivity index (χ0v) is 13.2. The van der Waals surface area contributed by atoms with Gasteiger partial charge < -0.3 is 19.5 Å². The van der Waals surface area contributed by atoms with Gasteiger partial charge in [-0.15, -0.1) is 0 Å². The summed E-state index contributed by atoms with van der Waals surface area (Å²) in [5.41, 5.74) is -0.605. The predicted molar refractivity (Wildman–Crippen MR) is 76.1 cm³/mol. The molecule has 0 aromatic carbocycles. The first kappa shape index (κ1) is 16.7. The second-order valence-electron chi connectivity index (χ2n) is 6.75. The van der Waals surface area contributed by atoms with E-state index in [0.717, 1.165) is 6.42 Å². The van der Waals surface area contributed by atoms with Gasteiger partial charge in [0, 0.05) is 6.54 Å². The maximum atomic E-state index is 12.5. The minimum atomic E-state index is -1.06. The van der Waals surface area contributed by atoms with E-state index in [1.54, 1.807) is 20.8 Å². The molecular weight excluding hydrogens is 290 g/mol. The molecular formula is C15H23NO6. The highest BCUT2D eigenvalue weighted by Gasteiger charge is 2.43. The third-order valence-electron chi connectivity index (χ3n) is 3.79. The summed E-state index contributed by atoms with van der Waals surface area (Å²) < 4.78 is 10.6. The second-order valence-corrected chi connectivity index (χ2v) is 6.75. The Hall–Kier alpha value is -1.63. The third-order valence-corrected chi connectivity index (χ3v) is 3.79. The lowest BCUT2D eigenvalue weighted by atomic mass is 10.1. The molecule has 7 heteroatoms. The van der Waals surface area contributed by atoms with Gasteiger partial charge in [-0.3, -0.25) is 4.79 Å². The lowest BCUT2D eigenvalue weighted by molar-refractivity contribution is -0.166. The van der Waals surface area contributed by atoms with E-state index in [9.17, 15) is 14.4 Å². The highest BCUT2D eigenvalue weighted by molar-refractivity contribution is 5.88. The third kappa shape index (κ3) is 3.76. The monoisotopic (exact) mass is 313 g/mol. The van der Waals surface area contributed by atoms with Gasteiger partial charge in [0.25, 0.3) is 5.91 Å². The topological polar surface area (TPSA) is 93.1 Å². The number of aliphatic carboxylic acids is 1. The fraction of sp³-hybridized carbons (Fsp3) is 0.800. The van der Waals surface area contributed by atoms with Crippen LogP contribution in [0.15, 0.2) is 0 Å². The number of rotatable bonds is 3. The molecule has 0 saturated carbocycles. The van der Waals surface area contributed by atoms with Gasteiger partial charge >= 0.3 is 11.9 Å². The molecule has 0 radical (unpaired) electrons. The van der Waals surface area contributed by atoms with Crippen LogP contribution in [-0.4, -0.2) is 58.2 Å². The molecule has 0 unspecified atom stereocenters. The van der Waals surface area contributed by atoms with Gasteiger partial charge in [-0.05, 0) is 46.5 Å². The minimum Gasteiger partial charge on any atom is -0.479 e. The SMILES string of the molecule is CC(C)(C)OC(=O)[C@@H]1CCCN1C(=O)[C@@H]1CC[C@H](C(=O)O)O1. The van der Waals surface area contributed by atoms with Gasteiger partial charge in [-0.25, -0.2) is 9.59 Å². The zero-order chi connectivity index (χ0) is 16.5. The molecule has 2 fully saturated rings. The number of likely N-dealkylation sites (tertiary alicyclic amines) is 1. The minimum absolute atomic E-state index is 0.308. The summed E-state index contributed by atoms with van der Waals surface area (Å²) in [7, 11) is 0. The van der Waals surface area contributed by atoms with Crippen LogP contribution in [0.5, 0.6) is 0 Å². The van der Waals surface area contributed by atoms with E-state index in [2.05, 4.69) is 0 Å². The van der Waals surface area contributed by atoms with Crippen molar-refractivity contribution in [2.24, 2.45) is 0 Å². The number of carboxylic acid groups (broad SMARTS) is 1. The molecule has 7 nitrogen and oxygen atoms in total. The highest BCUT2D eigenvalue weighted by Crippen LogP contribution is 2.27. The van der Waals surface area contributed by atoms with E-state index in [1.807, 2.05) is 0 Å². The number of esters is 1. The number of hydrogen-bond acceptors (Lipinski definition) is 5. The van der Waals surface area contributed by atoms with Crippen LogP contribution in [-0.2, 0) is 23.9 Å². The molecule has 3 atom stereocenters. The van der Waals surface area contributed by atoms with Crippen LogP contribution < -0.4 is 0 Å². The van der Waals surface area contributed by atoms with Crippen molar-refractivity contribution in [3.8, 4) is 0 Å². The van der Waals surface area contributed by atoms with Gasteiger partial charge in [0.05, 0.1) is 0 Å². The quantitative estimate of drug-likeness (QED) is 0.780. The molecule has 124 valence electrons. The van der Waals surface area contributed by atoms with E-state index < -0.39 is 35.8 Å². The lowest BCUT2D eigenvalue weighted by Crippen LogP contribution is -2.47. The van der Waals surface area contributed by atoms with Crippen molar-refractivity contribution < 1.29 is 29.0 Å². The Balaban J connectivity index is 2.00. The van der Waals surface area contributed by atoms with Crippen LogP contribution in [0.4, 0.5) is 0 Å². The number of ether oxygens (including phenoxy) is 2. The summed E-state index contributed by atoms with van der Waals surface area (Å²) in [6, 6.07) is -0.598. The van der Waals surface area contributed by atoms with Crippen molar-refractivity contribution in [1.29, 1.82) is 0 Å². The number of carboxylic acids is 1. The lowest BCUT2D eigenvalue weighted by Gasteiger charge is -2.28. The average molecular weight is 313 g/mol. The Morgan fingerprint density at radius 3 is 2.32 bits per heavy atom. The molecule has 1 amide bonds. The molecule has 0 aliphatic carbocycles. The number of carbonyl (C=O) groups is 3. The summed E-state index contributed by atoms with van der Waals surface area (Å²) >= 11 is 0. The number of carbonyl (C=O) groups excluding carboxylic acids is 2. The van der Waals surface area contributed by atoms with Gasteiger partial charge in [-0.1, -0.05) is 0 Å². The molecule has 0 aromatic heterocycles. The highest BCUT2D eigenvalue weighted by atomic mass is 16.6. The predicted octanol–water partition coefficient (Wildman–Crippen LogP) is 0.951. The molecule has 0 spiro atoms. The molecule has 2 saturated heterocycles. The maximum absolute atomic E-state index is 12.5. The van der Waals surface area contributed by atoms with Crippen molar-refractivity contribution in [2.75, 3.05) is 6.54 Å². The Morgan fingerprint density at radius 1 is 1.14 bits per heavy atom. The Labute approximate surface area is 129 Å². The van der Waals surface area contributed by atoms with E-state index in [4.69, 9.17) is 14.6 Å². The molecule has 0 bridgehead atoms. The Kier molecular flexibility index (Phi) is 4.75. The van der Waals surface area contributed by atoms with Crippen LogP contribution in [0.25, 0.3) is 0 Å². The van der Waals surface area contributed by atoms with Crippen molar-refractivity contribution >= 4 is 17.8 Å². The van der Waals surface area contributed by atoms with Crippen LogP contribution in [0, 0.1) is 0 Å². The molecule has 22 heavy (non-hydrogen) atoms. The van der Waals surface area contributed by atoms with Gasteiger partial charge in [0.1, 0.15) is 17.7 Å². The first-order chi connectivity index (χ1) is 10.2. The van der Waals surface area contributed by atoms with Crippen LogP contribution in [0.1, 0.15) is 46.5 Å². The fourth-order valence-corrected chi connectivity index (χ4v) is 2.83. The first-order valence-corrected chi connectivity index (χ1v) is 7.60. The summed E-state index contributed by atoms with van der Waals surface area (Å²) in [6.07, 6.45) is 0.269. The molecule has 0 aromatic rings. The van der Waals surface area contributed by atoms with Crippen molar-refractivity contribution in [3.63, 3.8) is 0 Å². The molecule has 2 rings (SSSR count). The van der Waals surface area contributed by atoms with Crippen LogP contribution >= 0.6 is 0 Å². The zero-order valence-electron chi connectivity index (χ0n) is 13.2. The van der Waals surface area contributed by atoms with Crippen LogP contribution in [0.2, 0.25) is 0 Å². The molecule has 2 aliphatic rings. The van der Waals surface area contributed by atoms with Crippen molar-refractivity contribution in [3.05, 3.63) is 0 Å². The standard InChI is InChI=1S/C15H23NO6/c1-15(2,3)22-14(20)9-5-4-8-16(9)12(17)10-6-7-11(21-10)13(18)19/h9-11H,4-8H2,1-3H3,(H,18,19)/t9-,10-,11+/m0/s1. The van der Waals surface area contributed by atoms with E-state index in [0.29, 0.717) is 25.8 Å². The van der Waals surface area contributed by atoms with Crippen molar-refractivity contribution in [2.45, 2.75) is 70.3 Å². The maximum Gasteiger partial charge on any atom is 0.332 e. The number of amides is 1. The summed E-state index contributed by atoms with van der Waals surface area (Å²) in [4.78, 5) is 37.1. The van der Waals surface area contributed by atoms with Gasteiger partial charge in [-0.2, -0.15) is 0 Å². The van der Waals surface area contributed by atoms with Gasteiger partial charge in [0.15, 0.2) is 6.10 Å². The average Bonchev–Trinajstić information content (AvgIpc) is 3.05. The molecule has 2 aliphatic heterocycles. The number of hydrogen-bond donors (Lipinski definition) is 1. The van der Waals surface area contributed by atoms with Gasteiger partial charge in [0.2, 0.25) is 0 Å². The number of nitrogens with zero attached hydrogens (tertiary/aromatic N) is 1. The molecule has 1 N–H and O–H groups in total.